The first-order valence-electron chi connectivity index (χ1n) is 8.74. The van der Waals surface area contributed by atoms with Crippen LogP contribution in [-0.2, 0) is 4.79 Å². The van der Waals surface area contributed by atoms with Gasteiger partial charge in [0, 0.05) is 18.5 Å². The maximum atomic E-state index is 12.7. The lowest BCUT2D eigenvalue weighted by molar-refractivity contribution is -0.146. The molecule has 0 atom stereocenters. The maximum absolute atomic E-state index is 12.7. The minimum Gasteiger partial charge on any atom is -0.354 e. The lowest BCUT2D eigenvalue weighted by Crippen LogP contribution is -2.54. The zero-order chi connectivity index (χ0) is 13.6. The summed E-state index contributed by atoms with van der Waals surface area (Å²) in [6.45, 7) is 4.37. The molecule has 1 saturated heterocycles. The molecule has 1 N–H and O–H groups in total. The van der Waals surface area contributed by atoms with Crippen molar-refractivity contribution in [1.82, 2.24) is 10.2 Å². The molecule has 1 aliphatic heterocycles. The number of nitrogens with one attached hydrogen (secondary N) is 1. The lowest BCUT2D eigenvalue weighted by Gasteiger charge is -2.55. The molecular formula is C17H28N2O. The number of likely N-dealkylation sites (tertiary alicyclic amines) is 1. The fourth-order valence-corrected chi connectivity index (χ4v) is 5.91. The molecule has 3 heteroatoms. The smallest absolute Gasteiger partial charge is 0.226 e. The number of amides is 1. The molecule has 0 spiro atoms. The van der Waals surface area contributed by atoms with E-state index >= 15 is 0 Å². The Morgan fingerprint density at radius 2 is 1.55 bits per heavy atom. The van der Waals surface area contributed by atoms with Crippen LogP contribution in [0, 0.1) is 23.2 Å². The van der Waals surface area contributed by atoms with Gasteiger partial charge in [0.05, 0.1) is 0 Å². The summed E-state index contributed by atoms with van der Waals surface area (Å²) in [5.41, 5.74) is 0.0414. The van der Waals surface area contributed by atoms with E-state index in [1.54, 1.807) is 0 Å². The van der Waals surface area contributed by atoms with Gasteiger partial charge in [0.1, 0.15) is 0 Å². The monoisotopic (exact) mass is 276 g/mol. The summed E-state index contributed by atoms with van der Waals surface area (Å²) < 4.78 is 0. The van der Waals surface area contributed by atoms with Gasteiger partial charge in [-0.1, -0.05) is 0 Å². The zero-order valence-electron chi connectivity index (χ0n) is 12.6. The predicted octanol–water partition coefficient (Wildman–Crippen LogP) is 2.41. The van der Waals surface area contributed by atoms with Crippen molar-refractivity contribution in [2.75, 3.05) is 26.2 Å². The molecule has 0 radical (unpaired) electrons. The first kappa shape index (κ1) is 13.1. The molecular weight excluding hydrogens is 248 g/mol. The molecule has 5 fully saturated rings. The highest BCUT2D eigenvalue weighted by Gasteiger charge is 2.54. The SMILES string of the molecule is O=C(NCCN1CCCC1)C12CC3CC(CC(C3)C1)C2. The topological polar surface area (TPSA) is 32.3 Å². The molecule has 0 aromatic rings. The first-order chi connectivity index (χ1) is 9.73. The van der Waals surface area contributed by atoms with E-state index in [4.69, 9.17) is 0 Å². The van der Waals surface area contributed by atoms with Crippen LogP contribution in [0.5, 0.6) is 0 Å². The second-order valence-electron chi connectivity index (χ2n) is 8.00. The summed E-state index contributed by atoms with van der Waals surface area (Å²) in [4.78, 5) is 15.2. The highest BCUT2D eigenvalue weighted by molar-refractivity contribution is 5.83. The summed E-state index contributed by atoms with van der Waals surface area (Å²) in [5.74, 6) is 3.00. The van der Waals surface area contributed by atoms with Crippen LogP contribution in [0.4, 0.5) is 0 Å². The Labute approximate surface area is 122 Å². The Morgan fingerprint density at radius 3 is 2.10 bits per heavy atom. The number of carbonyl (C=O) groups is 1. The van der Waals surface area contributed by atoms with Crippen LogP contribution in [0.15, 0.2) is 0 Å². The van der Waals surface area contributed by atoms with Gasteiger partial charge in [-0.05, 0) is 82.2 Å². The molecule has 1 amide bonds. The molecule has 1 heterocycles. The second-order valence-corrected chi connectivity index (χ2v) is 8.00. The van der Waals surface area contributed by atoms with E-state index in [0.717, 1.165) is 30.8 Å². The third-order valence-electron chi connectivity index (χ3n) is 6.43. The number of hydrogen-bond donors (Lipinski definition) is 1. The summed E-state index contributed by atoms with van der Waals surface area (Å²) in [5, 5.41) is 3.29. The maximum Gasteiger partial charge on any atom is 0.226 e. The van der Waals surface area contributed by atoms with Crippen molar-refractivity contribution in [2.24, 2.45) is 23.2 Å². The van der Waals surface area contributed by atoms with Crippen molar-refractivity contribution in [1.29, 1.82) is 0 Å². The van der Waals surface area contributed by atoms with Crippen molar-refractivity contribution < 1.29 is 4.79 Å². The van der Waals surface area contributed by atoms with Gasteiger partial charge < -0.3 is 10.2 Å². The van der Waals surface area contributed by atoms with Gasteiger partial charge in [0.25, 0.3) is 0 Å². The largest absolute Gasteiger partial charge is 0.354 e. The van der Waals surface area contributed by atoms with Crippen molar-refractivity contribution in [3.63, 3.8) is 0 Å². The van der Waals surface area contributed by atoms with Gasteiger partial charge >= 0.3 is 0 Å². The third kappa shape index (κ3) is 2.28. The summed E-state index contributed by atoms with van der Waals surface area (Å²) in [6, 6.07) is 0. The van der Waals surface area contributed by atoms with Crippen LogP contribution in [0.25, 0.3) is 0 Å². The lowest BCUT2D eigenvalue weighted by atomic mass is 9.49. The molecule has 112 valence electrons. The number of nitrogens with zero attached hydrogens (tertiary/aromatic N) is 1. The Morgan fingerprint density at radius 1 is 1.00 bits per heavy atom. The third-order valence-corrected chi connectivity index (χ3v) is 6.43. The van der Waals surface area contributed by atoms with Gasteiger partial charge in [0.2, 0.25) is 5.91 Å². The standard InChI is InChI=1S/C17H28N2O/c20-16(18-3-6-19-4-1-2-5-19)17-10-13-7-14(11-17)9-15(8-13)12-17/h13-15H,1-12H2,(H,18,20). The van der Waals surface area contributed by atoms with Gasteiger partial charge in [-0.2, -0.15) is 0 Å². The van der Waals surface area contributed by atoms with E-state index in [0.29, 0.717) is 5.91 Å². The van der Waals surface area contributed by atoms with Crippen LogP contribution in [0.3, 0.4) is 0 Å². The fourth-order valence-electron chi connectivity index (χ4n) is 5.91. The predicted molar refractivity (Wildman–Crippen MR) is 79.3 cm³/mol. The first-order valence-corrected chi connectivity index (χ1v) is 8.74. The summed E-state index contributed by atoms with van der Waals surface area (Å²) in [7, 11) is 0. The Balaban J connectivity index is 1.33. The van der Waals surface area contributed by atoms with Gasteiger partial charge in [-0.25, -0.2) is 0 Å². The molecule has 4 aliphatic carbocycles. The Hall–Kier alpha value is -0.570. The van der Waals surface area contributed by atoms with E-state index in [2.05, 4.69) is 10.2 Å². The minimum atomic E-state index is 0.0414. The minimum absolute atomic E-state index is 0.0414. The van der Waals surface area contributed by atoms with E-state index in [1.807, 2.05) is 0 Å². The molecule has 0 aromatic carbocycles. The molecule has 0 aromatic heterocycles. The highest BCUT2D eigenvalue weighted by atomic mass is 16.2. The van der Waals surface area contributed by atoms with Crippen LogP contribution < -0.4 is 5.32 Å². The molecule has 5 aliphatic rings. The number of carbonyl (C=O) groups excluding carboxylic acids is 1. The number of rotatable bonds is 4. The van der Waals surface area contributed by atoms with Crippen LogP contribution in [0.1, 0.15) is 51.4 Å². The zero-order valence-corrected chi connectivity index (χ0v) is 12.6. The summed E-state index contributed by atoms with van der Waals surface area (Å²) in [6.07, 6.45) is 10.5. The van der Waals surface area contributed by atoms with Crippen molar-refractivity contribution in [3.8, 4) is 0 Å². The van der Waals surface area contributed by atoms with Crippen LogP contribution >= 0.6 is 0 Å². The van der Waals surface area contributed by atoms with Crippen molar-refractivity contribution >= 4 is 5.91 Å². The quantitative estimate of drug-likeness (QED) is 0.855. The number of hydrogen-bond acceptors (Lipinski definition) is 2. The van der Waals surface area contributed by atoms with Gasteiger partial charge in [-0.3, -0.25) is 4.79 Å². The van der Waals surface area contributed by atoms with Crippen molar-refractivity contribution in [3.05, 3.63) is 0 Å². The normalized spacial score (nSPS) is 43.1. The molecule has 4 saturated carbocycles. The molecule has 0 unspecified atom stereocenters. The Kier molecular flexibility index (Phi) is 3.29. The second kappa shape index (κ2) is 5.01. The molecule has 5 rings (SSSR count). The van der Waals surface area contributed by atoms with Crippen LogP contribution in [-0.4, -0.2) is 37.0 Å². The highest BCUT2D eigenvalue weighted by Crippen LogP contribution is 2.60. The molecule has 4 bridgehead atoms. The molecule has 3 nitrogen and oxygen atoms in total. The average molecular weight is 276 g/mol. The Bertz CT molecular complexity index is 351. The van der Waals surface area contributed by atoms with E-state index < -0.39 is 0 Å². The van der Waals surface area contributed by atoms with E-state index in [1.165, 1.54) is 64.5 Å². The van der Waals surface area contributed by atoms with Gasteiger partial charge in [0.15, 0.2) is 0 Å². The average Bonchev–Trinajstić information content (AvgIpc) is 2.90. The fraction of sp³-hybridized carbons (Fsp3) is 0.941. The van der Waals surface area contributed by atoms with Crippen molar-refractivity contribution in [2.45, 2.75) is 51.4 Å². The van der Waals surface area contributed by atoms with Gasteiger partial charge in [-0.15, -0.1) is 0 Å². The molecule has 20 heavy (non-hydrogen) atoms. The van der Waals surface area contributed by atoms with E-state index in [9.17, 15) is 4.79 Å². The van der Waals surface area contributed by atoms with E-state index in [-0.39, 0.29) is 5.41 Å². The summed E-state index contributed by atoms with van der Waals surface area (Å²) >= 11 is 0. The van der Waals surface area contributed by atoms with Crippen LogP contribution in [0.2, 0.25) is 0 Å².